The molecule has 128 valence electrons. The second kappa shape index (κ2) is 7.81. The summed E-state index contributed by atoms with van der Waals surface area (Å²) >= 11 is 0. The summed E-state index contributed by atoms with van der Waals surface area (Å²) in [4.78, 5) is 12.2. The SMILES string of the molecule is CC(CCS(C)(=O)=O)NC(=O)NC(c1ccccc1)C1CCC1. The molecule has 1 fully saturated rings. The highest BCUT2D eigenvalue weighted by atomic mass is 32.2. The zero-order valence-electron chi connectivity index (χ0n) is 13.8. The number of hydrogen-bond acceptors (Lipinski definition) is 3. The standard InChI is InChI=1S/C17H26N2O3S/c1-13(11-12-23(2,21)22)18-17(20)19-16(15-9-6-10-15)14-7-4-3-5-8-14/h3-5,7-8,13,15-16H,6,9-12H2,1-2H3,(H2,18,19,20). The molecule has 1 aromatic rings. The number of rotatable bonds is 7. The second-order valence-corrected chi connectivity index (χ2v) is 8.78. The minimum absolute atomic E-state index is 0.0204. The van der Waals surface area contributed by atoms with Crippen LogP contribution in [0.1, 0.15) is 44.2 Å². The number of urea groups is 1. The molecular weight excluding hydrogens is 312 g/mol. The molecule has 6 heteroatoms. The quantitative estimate of drug-likeness (QED) is 0.802. The van der Waals surface area contributed by atoms with E-state index in [2.05, 4.69) is 10.6 Å². The van der Waals surface area contributed by atoms with Crippen LogP contribution in [0.15, 0.2) is 30.3 Å². The molecule has 2 rings (SSSR count). The first-order chi connectivity index (χ1) is 10.8. The highest BCUT2D eigenvalue weighted by Crippen LogP contribution is 2.37. The lowest BCUT2D eigenvalue weighted by atomic mass is 9.77. The predicted octanol–water partition coefficient (Wildman–Crippen LogP) is 2.65. The lowest BCUT2D eigenvalue weighted by molar-refractivity contribution is 0.205. The molecule has 0 bridgehead atoms. The van der Waals surface area contributed by atoms with E-state index in [1.807, 2.05) is 37.3 Å². The van der Waals surface area contributed by atoms with Gasteiger partial charge < -0.3 is 10.6 Å². The molecule has 0 aromatic heterocycles. The van der Waals surface area contributed by atoms with Crippen LogP contribution < -0.4 is 10.6 Å². The third kappa shape index (κ3) is 5.86. The Bertz CT molecular complexity index is 612. The van der Waals surface area contributed by atoms with Gasteiger partial charge in [0.05, 0.1) is 11.8 Å². The fourth-order valence-corrected chi connectivity index (χ4v) is 3.56. The van der Waals surface area contributed by atoms with Crippen LogP contribution in [0.2, 0.25) is 0 Å². The largest absolute Gasteiger partial charge is 0.336 e. The van der Waals surface area contributed by atoms with Crippen LogP contribution in [-0.4, -0.2) is 32.5 Å². The molecule has 23 heavy (non-hydrogen) atoms. The van der Waals surface area contributed by atoms with E-state index >= 15 is 0 Å². The maximum absolute atomic E-state index is 12.2. The van der Waals surface area contributed by atoms with Gasteiger partial charge in [-0.15, -0.1) is 0 Å². The number of nitrogens with one attached hydrogen (secondary N) is 2. The van der Waals surface area contributed by atoms with Gasteiger partial charge in [0.2, 0.25) is 0 Å². The molecule has 0 heterocycles. The van der Waals surface area contributed by atoms with Crippen LogP contribution in [0, 0.1) is 5.92 Å². The van der Waals surface area contributed by atoms with Crippen molar-refractivity contribution in [2.75, 3.05) is 12.0 Å². The lowest BCUT2D eigenvalue weighted by Gasteiger charge is -2.35. The van der Waals surface area contributed by atoms with E-state index in [9.17, 15) is 13.2 Å². The first-order valence-corrected chi connectivity index (χ1v) is 10.2. The molecule has 1 aliphatic carbocycles. The maximum Gasteiger partial charge on any atom is 0.315 e. The maximum atomic E-state index is 12.2. The molecule has 0 radical (unpaired) electrons. The molecule has 2 unspecified atom stereocenters. The minimum atomic E-state index is -3.00. The summed E-state index contributed by atoms with van der Waals surface area (Å²) in [5, 5.41) is 5.91. The van der Waals surface area contributed by atoms with Crippen LogP contribution in [0.4, 0.5) is 4.79 Å². The zero-order chi connectivity index (χ0) is 16.9. The van der Waals surface area contributed by atoms with Crippen molar-refractivity contribution < 1.29 is 13.2 Å². The van der Waals surface area contributed by atoms with Gasteiger partial charge >= 0.3 is 6.03 Å². The average molecular weight is 338 g/mol. The van der Waals surface area contributed by atoms with Gasteiger partial charge in [-0.1, -0.05) is 36.8 Å². The number of sulfone groups is 1. The van der Waals surface area contributed by atoms with Crippen molar-refractivity contribution >= 4 is 15.9 Å². The van der Waals surface area contributed by atoms with Gasteiger partial charge in [-0.3, -0.25) is 0 Å². The van der Waals surface area contributed by atoms with Crippen molar-refractivity contribution in [3.05, 3.63) is 35.9 Å². The molecule has 2 N–H and O–H groups in total. The Morgan fingerprint density at radius 3 is 2.39 bits per heavy atom. The Labute approximate surface area is 138 Å². The zero-order valence-corrected chi connectivity index (χ0v) is 14.6. The van der Waals surface area contributed by atoms with Crippen molar-refractivity contribution in [3.63, 3.8) is 0 Å². The number of carbonyl (C=O) groups excluding carboxylic acids is 1. The number of amides is 2. The van der Waals surface area contributed by atoms with E-state index < -0.39 is 9.84 Å². The normalized spacial score (nSPS) is 17.8. The van der Waals surface area contributed by atoms with E-state index in [-0.39, 0.29) is 23.9 Å². The summed E-state index contributed by atoms with van der Waals surface area (Å²) in [5.74, 6) is 0.564. The van der Waals surface area contributed by atoms with Crippen LogP contribution in [0.25, 0.3) is 0 Å². The Morgan fingerprint density at radius 1 is 1.22 bits per heavy atom. The highest BCUT2D eigenvalue weighted by molar-refractivity contribution is 7.90. The van der Waals surface area contributed by atoms with Gasteiger partial charge in [0.1, 0.15) is 9.84 Å². The van der Waals surface area contributed by atoms with Gasteiger partial charge in [0.15, 0.2) is 0 Å². The topological polar surface area (TPSA) is 75.3 Å². The van der Waals surface area contributed by atoms with Crippen molar-refractivity contribution in [1.82, 2.24) is 10.6 Å². The van der Waals surface area contributed by atoms with Gasteiger partial charge in [0.25, 0.3) is 0 Å². The van der Waals surface area contributed by atoms with E-state index in [0.717, 1.165) is 18.4 Å². The molecular formula is C17H26N2O3S. The lowest BCUT2D eigenvalue weighted by Crippen LogP contribution is -2.45. The second-order valence-electron chi connectivity index (χ2n) is 6.52. The molecule has 0 saturated heterocycles. The van der Waals surface area contributed by atoms with Crippen molar-refractivity contribution in [1.29, 1.82) is 0 Å². The third-order valence-electron chi connectivity index (χ3n) is 4.37. The predicted molar refractivity (Wildman–Crippen MR) is 92.0 cm³/mol. The van der Waals surface area contributed by atoms with E-state index in [0.29, 0.717) is 12.3 Å². The van der Waals surface area contributed by atoms with Crippen LogP contribution in [0.3, 0.4) is 0 Å². The Morgan fingerprint density at radius 2 is 1.87 bits per heavy atom. The van der Waals surface area contributed by atoms with E-state index in [1.165, 1.54) is 12.7 Å². The van der Waals surface area contributed by atoms with Gasteiger partial charge in [-0.05, 0) is 37.7 Å². The molecule has 0 aliphatic heterocycles. The van der Waals surface area contributed by atoms with Gasteiger partial charge in [0, 0.05) is 12.3 Å². The fraction of sp³-hybridized carbons (Fsp3) is 0.588. The first kappa shape index (κ1) is 17.8. The van der Waals surface area contributed by atoms with Crippen LogP contribution in [-0.2, 0) is 9.84 Å². The smallest absolute Gasteiger partial charge is 0.315 e. The molecule has 1 saturated carbocycles. The fourth-order valence-electron chi connectivity index (χ4n) is 2.78. The summed E-state index contributed by atoms with van der Waals surface area (Å²) in [6, 6.07) is 9.62. The van der Waals surface area contributed by atoms with Crippen molar-refractivity contribution in [2.45, 2.75) is 44.7 Å². The molecule has 1 aliphatic rings. The summed E-state index contributed by atoms with van der Waals surface area (Å²) in [6.45, 7) is 1.83. The molecule has 2 amide bonds. The molecule has 1 aromatic carbocycles. The third-order valence-corrected chi connectivity index (χ3v) is 5.34. The van der Waals surface area contributed by atoms with Crippen LogP contribution in [0.5, 0.6) is 0 Å². The van der Waals surface area contributed by atoms with Crippen molar-refractivity contribution in [2.24, 2.45) is 5.92 Å². The summed E-state index contributed by atoms with van der Waals surface area (Å²) in [5.41, 5.74) is 1.12. The average Bonchev–Trinajstić information content (AvgIpc) is 2.43. The Hall–Kier alpha value is -1.56. The Balaban J connectivity index is 1.90. The van der Waals surface area contributed by atoms with Crippen molar-refractivity contribution in [3.8, 4) is 0 Å². The number of carbonyl (C=O) groups is 1. The first-order valence-electron chi connectivity index (χ1n) is 8.15. The van der Waals surface area contributed by atoms with E-state index in [4.69, 9.17) is 0 Å². The molecule has 5 nitrogen and oxygen atoms in total. The van der Waals surface area contributed by atoms with Gasteiger partial charge in [-0.25, -0.2) is 13.2 Å². The monoisotopic (exact) mass is 338 g/mol. The summed E-state index contributed by atoms with van der Waals surface area (Å²) in [6.07, 6.45) is 5.10. The highest BCUT2D eigenvalue weighted by Gasteiger charge is 2.29. The number of hydrogen-bond donors (Lipinski definition) is 2. The minimum Gasteiger partial charge on any atom is -0.336 e. The number of benzene rings is 1. The van der Waals surface area contributed by atoms with Gasteiger partial charge in [-0.2, -0.15) is 0 Å². The molecule has 0 spiro atoms. The summed E-state index contributed by atoms with van der Waals surface area (Å²) in [7, 11) is -3.00. The summed E-state index contributed by atoms with van der Waals surface area (Å²) < 4.78 is 22.4. The Kier molecular flexibility index (Phi) is 6.04. The van der Waals surface area contributed by atoms with E-state index in [1.54, 1.807) is 0 Å². The van der Waals surface area contributed by atoms with Crippen LogP contribution >= 0.6 is 0 Å². The molecule has 2 atom stereocenters.